The van der Waals surface area contributed by atoms with Gasteiger partial charge in [-0.05, 0) is 98.6 Å². The highest BCUT2D eigenvalue weighted by Gasteiger charge is 2.20. The molecule has 0 fully saturated rings. The number of amides is 5. The van der Waals surface area contributed by atoms with Gasteiger partial charge in [-0.2, -0.15) is 0 Å². The predicted octanol–water partition coefficient (Wildman–Crippen LogP) is 12.6. The Morgan fingerprint density at radius 3 is 1.64 bits per heavy atom. The summed E-state index contributed by atoms with van der Waals surface area (Å²) in [6.45, 7) is 6.51. The number of carboxylic acid groups (broad SMARTS) is 1. The molecule has 0 aliphatic rings. The molecular formula is C49H48Cl3N5O10. The minimum absolute atomic E-state index is 0.122. The van der Waals surface area contributed by atoms with Gasteiger partial charge in [-0.1, -0.05) is 90.3 Å². The van der Waals surface area contributed by atoms with Crippen LogP contribution in [0.1, 0.15) is 32.3 Å². The molecular weight excluding hydrogens is 925 g/mol. The Bertz CT molecular complexity index is 2530. The van der Waals surface area contributed by atoms with E-state index < -0.39 is 30.5 Å². The van der Waals surface area contributed by atoms with Gasteiger partial charge >= 0.3 is 30.5 Å². The molecule has 0 aromatic heterocycles. The highest BCUT2D eigenvalue weighted by Crippen LogP contribution is 2.27. The average Bonchev–Trinajstić information content (AvgIpc) is 3.29. The van der Waals surface area contributed by atoms with Crippen molar-refractivity contribution in [3.8, 4) is 36.2 Å². The Kier molecular flexibility index (Phi) is 22.8. The van der Waals surface area contributed by atoms with E-state index in [4.69, 9.17) is 71.7 Å². The van der Waals surface area contributed by atoms with Crippen LogP contribution >= 0.6 is 34.8 Å². The summed E-state index contributed by atoms with van der Waals surface area (Å²) in [7, 11) is 1.52. The number of aryl methyl sites for hydroxylation is 1. The minimum atomic E-state index is -0.954. The normalized spacial score (nSPS) is 9.81. The second-order valence-corrected chi connectivity index (χ2v) is 14.9. The van der Waals surface area contributed by atoms with Gasteiger partial charge in [0.05, 0.1) is 0 Å². The Hall–Kier alpha value is -7.56. The van der Waals surface area contributed by atoms with Crippen molar-refractivity contribution in [3.63, 3.8) is 0 Å². The van der Waals surface area contributed by atoms with Gasteiger partial charge in [-0.15, -0.1) is 12.8 Å². The molecule has 0 heterocycles. The van der Waals surface area contributed by atoms with Crippen LogP contribution in [-0.2, 0) is 9.47 Å². The first kappa shape index (κ1) is 53.8. The molecule has 67 heavy (non-hydrogen) atoms. The maximum absolute atomic E-state index is 12.8. The summed E-state index contributed by atoms with van der Waals surface area (Å²) in [4.78, 5) is 63.0. The van der Waals surface area contributed by atoms with Crippen molar-refractivity contribution in [2.24, 2.45) is 0 Å². The number of rotatable bonds is 13. The summed E-state index contributed by atoms with van der Waals surface area (Å²) in [6.07, 6.45) is 8.40. The van der Waals surface area contributed by atoms with E-state index in [9.17, 15) is 24.0 Å². The number of ether oxygens (including phenoxy) is 4. The van der Waals surface area contributed by atoms with Crippen LogP contribution < -0.4 is 34.8 Å². The van der Waals surface area contributed by atoms with Crippen molar-refractivity contribution in [2.45, 2.75) is 33.6 Å². The highest BCUT2D eigenvalue weighted by molar-refractivity contribution is 6.35. The number of para-hydroxylation sites is 1. The van der Waals surface area contributed by atoms with E-state index in [-0.39, 0.29) is 19.0 Å². The van der Waals surface area contributed by atoms with E-state index in [1.54, 1.807) is 96.8 Å². The zero-order chi connectivity index (χ0) is 49.3. The van der Waals surface area contributed by atoms with Crippen LogP contribution in [0.25, 0.3) is 0 Å². The van der Waals surface area contributed by atoms with Crippen molar-refractivity contribution < 1.29 is 48.0 Å². The molecule has 5 aromatic carbocycles. The van der Waals surface area contributed by atoms with Crippen molar-refractivity contribution >= 4 is 93.7 Å². The van der Waals surface area contributed by atoms with E-state index in [1.165, 1.54) is 22.9 Å². The molecule has 0 saturated heterocycles. The molecule has 5 aromatic rings. The van der Waals surface area contributed by atoms with Gasteiger partial charge in [0.15, 0.2) is 13.2 Å². The highest BCUT2D eigenvalue weighted by atomic mass is 35.5. The SMILES string of the molecule is C#CCOC(=O)Nc1cccc(OC(=O)N(C)c2cc(Cl)cc(Cl)c2)c1.C#CCOC(=O)Nc1cccc(OC(=O)N(CCCC)c2ccccc2C)c1.CCN(C(=O)O)c1ccc(Cl)cc1. The van der Waals surface area contributed by atoms with Gasteiger partial charge in [0.25, 0.3) is 0 Å². The van der Waals surface area contributed by atoms with Crippen molar-refractivity contribution in [1.82, 2.24) is 0 Å². The number of hydrogen-bond donors (Lipinski definition) is 3. The van der Waals surface area contributed by atoms with Gasteiger partial charge in [0, 0.05) is 75.8 Å². The Morgan fingerprint density at radius 1 is 0.642 bits per heavy atom. The van der Waals surface area contributed by atoms with E-state index in [0.717, 1.165) is 24.1 Å². The first-order chi connectivity index (χ1) is 32.1. The number of carbonyl (C=O) groups excluding carboxylic acids is 4. The third-order valence-electron chi connectivity index (χ3n) is 8.70. The largest absolute Gasteiger partial charge is 0.465 e. The standard InChI is InChI=1S/C22H24N2O4.C18H14Cl2N2O4.C9H10ClNO2/c1-4-6-14-24(20-13-8-7-10-17(20)3)22(26)28-19-12-9-11-18(16-19)23-21(25)27-15-5-2;1-3-7-25-17(23)21-14-5-4-6-16(11-14)26-18(24)22(2)15-9-12(19)8-13(20)10-15;1-2-11(9(12)13)8-5-3-7(10)4-6-8/h2,7-13,16H,4,6,14-15H2,1,3H3,(H,23,25);1,4-6,8-11H,7H2,2H3,(H,21,23);3-6H,2H2,1H3,(H,12,13). The molecule has 0 unspecified atom stereocenters. The fraction of sp³-hybridized carbons (Fsp3) is 0.204. The molecule has 0 atom stereocenters. The third kappa shape index (κ3) is 18.8. The van der Waals surface area contributed by atoms with Crippen molar-refractivity contribution in [2.75, 3.05) is 58.7 Å². The second-order valence-electron chi connectivity index (χ2n) is 13.6. The van der Waals surface area contributed by atoms with Crippen LogP contribution in [0.15, 0.2) is 115 Å². The second kappa shape index (κ2) is 28.4. The van der Waals surface area contributed by atoms with Gasteiger partial charge in [0.1, 0.15) is 11.5 Å². The molecule has 350 valence electrons. The van der Waals surface area contributed by atoms with Crippen LogP contribution in [-0.4, -0.2) is 68.9 Å². The fourth-order valence-electron chi connectivity index (χ4n) is 5.50. The lowest BCUT2D eigenvalue weighted by Gasteiger charge is -2.23. The first-order valence-electron chi connectivity index (χ1n) is 20.3. The van der Waals surface area contributed by atoms with Crippen molar-refractivity contribution in [1.29, 1.82) is 0 Å². The van der Waals surface area contributed by atoms with Crippen LogP contribution in [0.2, 0.25) is 15.1 Å². The maximum atomic E-state index is 12.8. The van der Waals surface area contributed by atoms with Crippen LogP contribution in [0.4, 0.5) is 52.4 Å². The average molecular weight is 973 g/mol. The van der Waals surface area contributed by atoms with Gasteiger partial charge in [-0.3, -0.25) is 25.3 Å². The number of unbranched alkanes of at least 4 members (excludes halogenated alkanes) is 1. The number of carbonyl (C=O) groups is 5. The fourth-order valence-corrected chi connectivity index (χ4v) is 6.14. The Labute approximate surface area is 404 Å². The smallest absolute Gasteiger partial charge is 0.419 e. The quantitative estimate of drug-likeness (QED) is 0.0963. The maximum Gasteiger partial charge on any atom is 0.419 e. The zero-order valence-corrected chi connectivity index (χ0v) is 39.2. The van der Waals surface area contributed by atoms with Crippen LogP contribution in [0, 0.1) is 31.6 Å². The van der Waals surface area contributed by atoms with E-state index in [0.29, 0.717) is 56.7 Å². The lowest BCUT2D eigenvalue weighted by atomic mass is 10.2. The Morgan fingerprint density at radius 2 is 1.16 bits per heavy atom. The van der Waals surface area contributed by atoms with Gasteiger partial charge < -0.3 is 24.1 Å². The van der Waals surface area contributed by atoms with E-state index in [1.807, 2.05) is 31.2 Å². The molecule has 0 bridgehead atoms. The van der Waals surface area contributed by atoms with Gasteiger partial charge in [-0.25, -0.2) is 24.0 Å². The molecule has 0 aliphatic heterocycles. The van der Waals surface area contributed by atoms with Crippen LogP contribution in [0.3, 0.4) is 0 Å². The summed E-state index contributed by atoms with van der Waals surface area (Å²) in [6, 6.07) is 31.8. The number of nitrogens with zero attached hydrogens (tertiary/aromatic N) is 3. The lowest BCUT2D eigenvalue weighted by molar-refractivity contribution is 0.175. The minimum Gasteiger partial charge on any atom is -0.465 e. The summed E-state index contributed by atoms with van der Waals surface area (Å²) < 4.78 is 20.3. The number of anilines is 5. The number of hydrogen-bond acceptors (Lipinski definition) is 9. The molecule has 5 rings (SSSR count). The third-order valence-corrected chi connectivity index (χ3v) is 9.39. The molecule has 0 radical (unpaired) electrons. The molecule has 5 amide bonds. The van der Waals surface area contributed by atoms with E-state index in [2.05, 4.69) is 29.4 Å². The summed E-state index contributed by atoms with van der Waals surface area (Å²) in [5.41, 5.74) is 3.73. The summed E-state index contributed by atoms with van der Waals surface area (Å²) >= 11 is 17.5. The number of nitrogens with one attached hydrogen (secondary N) is 2. The molecule has 0 saturated carbocycles. The Balaban J connectivity index is 0.000000283. The lowest BCUT2D eigenvalue weighted by Crippen LogP contribution is -2.35. The molecule has 18 heteroatoms. The van der Waals surface area contributed by atoms with E-state index >= 15 is 0 Å². The number of halogens is 3. The predicted molar refractivity (Wildman–Crippen MR) is 263 cm³/mol. The summed E-state index contributed by atoms with van der Waals surface area (Å²) in [5, 5.41) is 15.2. The number of benzene rings is 5. The summed E-state index contributed by atoms with van der Waals surface area (Å²) in [5.74, 6) is 4.94. The van der Waals surface area contributed by atoms with Crippen LogP contribution in [0.5, 0.6) is 11.5 Å². The van der Waals surface area contributed by atoms with Gasteiger partial charge in [0.2, 0.25) is 0 Å². The zero-order valence-electron chi connectivity index (χ0n) is 37.0. The number of terminal acetylenes is 2. The molecule has 0 aliphatic carbocycles. The first-order valence-corrected chi connectivity index (χ1v) is 21.4. The van der Waals surface area contributed by atoms with Crippen molar-refractivity contribution in [3.05, 3.63) is 136 Å². The topological polar surface area (TPSA) is 176 Å². The molecule has 3 N–H and O–H groups in total. The monoisotopic (exact) mass is 971 g/mol. The molecule has 0 spiro atoms. The molecule has 15 nitrogen and oxygen atoms in total.